The molecule has 1 aliphatic rings. The lowest BCUT2D eigenvalue weighted by Crippen LogP contribution is -2.00. The van der Waals surface area contributed by atoms with E-state index in [0.717, 1.165) is 33.8 Å². The van der Waals surface area contributed by atoms with Gasteiger partial charge in [-0.3, -0.25) is 0 Å². The summed E-state index contributed by atoms with van der Waals surface area (Å²) in [4.78, 5) is 0. The SMILES string of the molecule is OC1CCCCc2c(Br)ccc(Br)c21. The van der Waals surface area contributed by atoms with E-state index >= 15 is 0 Å². The van der Waals surface area contributed by atoms with E-state index in [9.17, 15) is 5.11 Å². The lowest BCUT2D eigenvalue weighted by Gasteiger charge is -2.14. The van der Waals surface area contributed by atoms with Crippen LogP contribution in [0.3, 0.4) is 0 Å². The topological polar surface area (TPSA) is 20.2 Å². The van der Waals surface area contributed by atoms with Crippen molar-refractivity contribution < 1.29 is 5.11 Å². The minimum atomic E-state index is -0.306. The van der Waals surface area contributed by atoms with Gasteiger partial charge in [0.1, 0.15) is 0 Å². The van der Waals surface area contributed by atoms with E-state index < -0.39 is 0 Å². The first-order valence-corrected chi connectivity index (χ1v) is 6.43. The van der Waals surface area contributed by atoms with E-state index in [1.165, 1.54) is 12.0 Å². The molecule has 1 nitrogen and oxygen atoms in total. The summed E-state index contributed by atoms with van der Waals surface area (Å²) < 4.78 is 2.15. The number of benzene rings is 1. The van der Waals surface area contributed by atoms with Crippen LogP contribution in [0.2, 0.25) is 0 Å². The third kappa shape index (κ3) is 1.90. The molecule has 0 amide bonds. The van der Waals surface area contributed by atoms with Gasteiger partial charge in [-0.25, -0.2) is 0 Å². The van der Waals surface area contributed by atoms with Gasteiger partial charge >= 0.3 is 0 Å². The molecular weight excluding hydrogens is 308 g/mol. The predicted octanol–water partition coefficient (Wildman–Crippen LogP) is 3.97. The summed E-state index contributed by atoms with van der Waals surface area (Å²) in [5.41, 5.74) is 2.35. The first kappa shape index (κ1) is 10.7. The van der Waals surface area contributed by atoms with Crippen molar-refractivity contribution in [1.29, 1.82) is 0 Å². The number of hydrogen-bond acceptors (Lipinski definition) is 1. The Labute approximate surface area is 101 Å². The quantitative estimate of drug-likeness (QED) is 0.717. The second kappa shape index (κ2) is 4.33. The van der Waals surface area contributed by atoms with Gasteiger partial charge < -0.3 is 5.11 Å². The molecule has 0 saturated heterocycles. The van der Waals surface area contributed by atoms with Crippen molar-refractivity contribution in [3.8, 4) is 0 Å². The fraction of sp³-hybridized carbons (Fsp3) is 0.455. The van der Waals surface area contributed by atoms with Gasteiger partial charge in [-0.2, -0.15) is 0 Å². The van der Waals surface area contributed by atoms with E-state index in [-0.39, 0.29) is 6.10 Å². The molecule has 2 rings (SSSR count). The summed E-state index contributed by atoms with van der Waals surface area (Å²) >= 11 is 7.06. The van der Waals surface area contributed by atoms with Crippen molar-refractivity contribution in [2.45, 2.75) is 31.8 Å². The van der Waals surface area contributed by atoms with Gasteiger partial charge in [-0.1, -0.05) is 38.3 Å². The highest BCUT2D eigenvalue weighted by Gasteiger charge is 2.20. The summed E-state index contributed by atoms with van der Waals surface area (Å²) in [5.74, 6) is 0. The van der Waals surface area contributed by atoms with Crippen molar-refractivity contribution >= 4 is 31.9 Å². The zero-order chi connectivity index (χ0) is 10.1. The lowest BCUT2D eigenvalue weighted by atomic mass is 10.0. The molecule has 1 unspecified atom stereocenters. The van der Waals surface area contributed by atoms with E-state index in [1.54, 1.807) is 0 Å². The highest BCUT2D eigenvalue weighted by Crippen LogP contribution is 2.37. The van der Waals surface area contributed by atoms with E-state index in [4.69, 9.17) is 0 Å². The van der Waals surface area contributed by atoms with Gasteiger partial charge in [0.15, 0.2) is 0 Å². The normalized spacial score (nSPS) is 21.5. The Morgan fingerprint density at radius 2 is 1.86 bits per heavy atom. The van der Waals surface area contributed by atoms with Crippen LogP contribution in [0, 0.1) is 0 Å². The Morgan fingerprint density at radius 3 is 2.64 bits per heavy atom. The molecule has 1 N–H and O–H groups in total. The van der Waals surface area contributed by atoms with Crippen LogP contribution in [-0.4, -0.2) is 5.11 Å². The first-order chi connectivity index (χ1) is 6.70. The molecule has 0 bridgehead atoms. The van der Waals surface area contributed by atoms with Crippen LogP contribution in [0.4, 0.5) is 0 Å². The average Bonchev–Trinajstić information content (AvgIpc) is 2.35. The minimum Gasteiger partial charge on any atom is -0.388 e. The molecule has 76 valence electrons. The fourth-order valence-corrected chi connectivity index (χ4v) is 3.19. The molecule has 0 radical (unpaired) electrons. The van der Waals surface area contributed by atoms with Crippen LogP contribution in [0.1, 0.15) is 36.5 Å². The molecule has 14 heavy (non-hydrogen) atoms. The van der Waals surface area contributed by atoms with Crippen LogP contribution in [0.5, 0.6) is 0 Å². The molecule has 1 aromatic rings. The summed E-state index contributed by atoms with van der Waals surface area (Å²) in [6.07, 6.45) is 3.90. The summed E-state index contributed by atoms with van der Waals surface area (Å²) in [6, 6.07) is 4.04. The van der Waals surface area contributed by atoms with Crippen molar-refractivity contribution in [2.75, 3.05) is 0 Å². The van der Waals surface area contributed by atoms with E-state index in [2.05, 4.69) is 31.9 Å². The Kier molecular flexibility index (Phi) is 3.30. The number of rotatable bonds is 0. The second-order valence-electron chi connectivity index (χ2n) is 3.68. The highest BCUT2D eigenvalue weighted by molar-refractivity contribution is 9.11. The zero-order valence-corrected chi connectivity index (χ0v) is 10.9. The average molecular weight is 320 g/mol. The minimum absolute atomic E-state index is 0.306. The van der Waals surface area contributed by atoms with Crippen LogP contribution in [0.25, 0.3) is 0 Å². The Hall–Kier alpha value is 0.140. The number of halogens is 2. The molecule has 3 heteroatoms. The van der Waals surface area contributed by atoms with Crippen molar-refractivity contribution in [3.63, 3.8) is 0 Å². The third-order valence-corrected chi connectivity index (χ3v) is 4.17. The summed E-state index contributed by atoms with van der Waals surface area (Å²) in [7, 11) is 0. The molecule has 1 aromatic carbocycles. The molecule has 0 spiro atoms. The van der Waals surface area contributed by atoms with Crippen molar-refractivity contribution in [3.05, 3.63) is 32.2 Å². The van der Waals surface area contributed by atoms with Crippen LogP contribution in [-0.2, 0) is 6.42 Å². The maximum atomic E-state index is 10.00. The van der Waals surface area contributed by atoms with Gasteiger partial charge in [0.05, 0.1) is 6.10 Å². The lowest BCUT2D eigenvalue weighted by molar-refractivity contribution is 0.166. The van der Waals surface area contributed by atoms with E-state index in [1.807, 2.05) is 12.1 Å². The summed E-state index contributed by atoms with van der Waals surface area (Å²) in [6.45, 7) is 0. The molecule has 0 fully saturated rings. The number of fused-ring (bicyclic) bond motifs is 1. The number of hydrogen-bond donors (Lipinski definition) is 1. The van der Waals surface area contributed by atoms with Gasteiger partial charge in [-0.05, 0) is 42.5 Å². The Morgan fingerprint density at radius 1 is 1.14 bits per heavy atom. The van der Waals surface area contributed by atoms with Crippen LogP contribution < -0.4 is 0 Å². The van der Waals surface area contributed by atoms with Gasteiger partial charge in [0.2, 0.25) is 0 Å². The number of aliphatic hydroxyl groups excluding tert-OH is 1. The maximum absolute atomic E-state index is 10.00. The highest BCUT2D eigenvalue weighted by atomic mass is 79.9. The molecule has 1 atom stereocenters. The number of aliphatic hydroxyl groups is 1. The molecular formula is C11H12Br2O. The monoisotopic (exact) mass is 318 g/mol. The fourth-order valence-electron chi connectivity index (χ4n) is 2.01. The van der Waals surface area contributed by atoms with Gasteiger partial charge in [0.25, 0.3) is 0 Å². The largest absolute Gasteiger partial charge is 0.388 e. The van der Waals surface area contributed by atoms with Crippen molar-refractivity contribution in [2.24, 2.45) is 0 Å². The Balaban J connectivity index is 2.57. The predicted molar refractivity (Wildman–Crippen MR) is 64.4 cm³/mol. The molecule has 0 heterocycles. The third-order valence-electron chi connectivity index (χ3n) is 2.73. The van der Waals surface area contributed by atoms with Crippen LogP contribution >= 0.6 is 31.9 Å². The van der Waals surface area contributed by atoms with Gasteiger partial charge in [-0.15, -0.1) is 0 Å². The molecule has 0 aliphatic heterocycles. The first-order valence-electron chi connectivity index (χ1n) is 4.85. The van der Waals surface area contributed by atoms with Crippen LogP contribution in [0.15, 0.2) is 21.1 Å². The smallest absolute Gasteiger partial charge is 0.0804 e. The molecule has 1 aliphatic carbocycles. The molecule has 0 saturated carbocycles. The van der Waals surface area contributed by atoms with Gasteiger partial charge in [0, 0.05) is 8.95 Å². The molecule has 0 aromatic heterocycles. The zero-order valence-electron chi connectivity index (χ0n) is 7.76. The standard InChI is InChI=1S/C11H12Br2O/c12-8-5-6-9(13)11-7(8)3-1-2-4-10(11)14/h5-6,10,14H,1-4H2. The van der Waals surface area contributed by atoms with E-state index in [0.29, 0.717) is 0 Å². The second-order valence-corrected chi connectivity index (χ2v) is 5.39. The maximum Gasteiger partial charge on any atom is 0.0804 e. The Bertz CT molecular complexity index is 349. The summed E-state index contributed by atoms with van der Waals surface area (Å²) in [5, 5.41) is 10.00. The van der Waals surface area contributed by atoms with Crippen molar-refractivity contribution in [1.82, 2.24) is 0 Å².